The Bertz CT molecular complexity index is 765. The predicted octanol–water partition coefficient (Wildman–Crippen LogP) is 4.51. The Balaban J connectivity index is 2.05. The first-order valence-electron chi connectivity index (χ1n) is 7.26. The molecule has 106 valence electrons. The molecule has 0 fully saturated rings. The number of hydrogen-bond donors (Lipinski definition) is 2. The molecule has 3 heteroatoms. The summed E-state index contributed by atoms with van der Waals surface area (Å²) in [7, 11) is 0. The fourth-order valence-electron chi connectivity index (χ4n) is 2.60. The summed E-state index contributed by atoms with van der Waals surface area (Å²) in [6, 6.07) is 14.4. The van der Waals surface area contributed by atoms with E-state index < -0.39 is 0 Å². The number of fused-ring (bicyclic) bond motifs is 1. The zero-order valence-corrected chi connectivity index (χ0v) is 12.1. The second-order valence-electron chi connectivity index (χ2n) is 5.16. The maximum Gasteiger partial charge on any atom is 0.0466 e. The van der Waals surface area contributed by atoms with Gasteiger partial charge < -0.3 is 11.1 Å². The molecule has 0 aliphatic rings. The van der Waals surface area contributed by atoms with Crippen LogP contribution in [0.2, 0.25) is 0 Å². The maximum atomic E-state index is 6.03. The Kier molecular flexibility index (Phi) is 3.73. The fourth-order valence-corrected chi connectivity index (χ4v) is 2.60. The van der Waals surface area contributed by atoms with Crippen molar-refractivity contribution in [1.29, 1.82) is 0 Å². The van der Waals surface area contributed by atoms with Gasteiger partial charge in [0.15, 0.2) is 0 Å². The lowest BCUT2D eigenvalue weighted by Crippen LogP contribution is -1.98. The third kappa shape index (κ3) is 2.68. The van der Waals surface area contributed by atoms with Gasteiger partial charge in [-0.1, -0.05) is 31.5 Å². The average Bonchev–Trinajstić information content (AvgIpc) is 2.52. The number of nitrogens with two attached hydrogens (primary N) is 1. The van der Waals surface area contributed by atoms with Crippen LogP contribution in [0.3, 0.4) is 0 Å². The van der Waals surface area contributed by atoms with Crippen molar-refractivity contribution in [2.24, 2.45) is 0 Å². The first-order chi connectivity index (χ1) is 10.3. The highest BCUT2D eigenvalue weighted by atomic mass is 14.9. The van der Waals surface area contributed by atoms with Crippen LogP contribution in [0.1, 0.15) is 18.9 Å². The summed E-state index contributed by atoms with van der Waals surface area (Å²) in [5, 5.41) is 5.62. The Labute approximate surface area is 124 Å². The fraction of sp³-hybridized carbons (Fsp3) is 0.167. The summed E-state index contributed by atoms with van der Waals surface area (Å²) in [5.41, 5.74) is 10.3. The number of para-hydroxylation sites is 1. The predicted molar refractivity (Wildman–Crippen MR) is 89.9 cm³/mol. The summed E-state index contributed by atoms with van der Waals surface area (Å²) in [6.07, 6.45) is 5.81. The Hall–Kier alpha value is -2.55. The van der Waals surface area contributed by atoms with E-state index in [1.165, 1.54) is 5.56 Å². The van der Waals surface area contributed by atoms with Crippen LogP contribution in [-0.4, -0.2) is 4.98 Å². The smallest absolute Gasteiger partial charge is 0.0466 e. The summed E-state index contributed by atoms with van der Waals surface area (Å²) >= 11 is 0. The van der Waals surface area contributed by atoms with Gasteiger partial charge in [0.2, 0.25) is 0 Å². The molecule has 1 heterocycles. The SMILES string of the molecule is CCCc1ccccc1Nc1ccc(N)c2cnccc12. The molecule has 0 amide bonds. The molecule has 0 saturated heterocycles. The number of pyridine rings is 1. The van der Waals surface area contributed by atoms with Crippen molar-refractivity contribution in [1.82, 2.24) is 4.98 Å². The number of aryl methyl sites for hydroxylation is 1. The van der Waals surface area contributed by atoms with Gasteiger partial charge >= 0.3 is 0 Å². The van der Waals surface area contributed by atoms with Crippen LogP contribution in [-0.2, 0) is 6.42 Å². The standard InChI is InChI=1S/C18H19N3/c1-2-5-13-6-3-4-7-17(13)21-18-9-8-16(19)15-12-20-11-10-14(15)18/h3-4,6-12,21H,2,5,19H2,1H3. The van der Waals surface area contributed by atoms with Crippen molar-refractivity contribution in [2.75, 3.05) is 11.1 Å². The average molecular weight is 277 g/mol. The zero-order valence-electron chi connectivity index (χ0n) is 12.1. The second kappa shape index (κ2) is 5.83. The number of hydrogen-bond acceptors (Lipinski definition) is 3. The van der Waals surface area contributed by atoms with Crippen LogP contribution < -0.4 is 11.1 Å². The van der Waals surface area contributed by atoms with Crippen LogP contribution in [0, 0.1) is 0 Å². The van der Waals surface area contributed by atoms with Gasteiger partial charge in [0.25, 0.3) is 0 Å². The van der Waals surface area contributed by atoms with E-state index in [0.29, 0.717) is 0 Å². The van der Waals surface area contributed by atoms with Gasteiger partial charge in [-0.15, -0.1) is 0 Å². The topological polar surface area (TPSA) is 50.9 Å². The summed E-state index contributed by atoms with van der Waals surface area (Å²) in [6.45, 7) is 2.20. The first-order valence-corrected chi connectivity index (χ1v) is 7.26. The minimum atomic E-state index is 0.755. The molecule has 1 aromatic heterocycles. The summed E-state index contributed by atoms with van der Waals surface area (Å²) in [4.78, 5) is 4.16. The molecule has 3 aromatic rings. The number of anilines is 3. The number of nitrogens with zero attached hydrogens (tertiary/aromatic N) is 1. The van der Waals surface area contributed by atoms with Gasteiger partial charge in [-0.2, -0.15) is 0 Å². The molecule has 0 saturated carbocycles. The molecular weight excluding hydrogens is 258 g/mol. The third-order valence-corrected chi connectivity index (χ3v) is 3.66. The summed E-state index contributed by atoms with van der Waals surface area (Å²) < 4.78 is 0. The van der Waals surface area contributed by atoms with Crippen molar-refractivity contribution in [2.45, 2.75) is 19.8 Å². The quantitative estimate of drug-likeness (QED) is 0.690. The van der Waals surface area contributed by atoms with Gasteiger partial charge in [0.1, 0.15) is 0 Å². The lowest BCUT2D eigenvalue weighted by molar-refractivity contribution is 0.923. The van der Waals surface area contributed by atoms with Crippen molar-refractivity contribution < 1.29 is 0 Å². The second-order valence-corrected chi connectivity index (χ2v) is 5.16. The number of rotatable bonds is 4. The minimum absolute atomic E-state index is 0.755. The van der Waals surface area contributed by atoms with E-state index in [1.54, 1.807) is 6.20 Å². The number of aromatic nitrogens is 1. The van der Waals surface area contributed by atoms with E-state index in [4.69, 9.17) is 5.73 Å². The molecule has 0 spiro atoms. The summed E-state index contributed by atoms with van der Waals surface area (Å²) in [5.74, 6) is 0. The van der Waals surface area contributed by atoms with Crippen LogP contribution in [0.4, 0.5) is 17.1 Å². The molecule has 3 rings (SSSR count). The number of benzene rings is 2. The van der Waals surface area contributed by atoms with Crippen LogP contribution in [0.5, 0.6) is 0 Å². The lowest BCUT2D eigenvalue weighted by Gasteiger charge is -2.14. The number of nitrogens with one attached hydrogen (secondary N) is 1. The third-order valence-electron chi connectivity index (χ3n) is 3.66. The van der Waals surface area contributed by atoms with Gasteiger partial charge in [-0.25, -0.2) is 0 Å². The highest BCUT2D eigenvalue weighted by molar-refractivity contribution is 6.01. The zero-order chi connectivity index (χ0) is 14.7. The molecular formula is C18H19N3. The monoisotopic (exact) mass is 277 g/mol. The molecule has 2 aromatic carbocycles. The van der Waals surface area contributed by atoms with Gasteiger partial charge in [-0.05, 0) is 36.2 Å². The Morgan fingerprint density at radius 1 is 1.00 bits per heavy atom. The van der Waals surface area contributed by atoms with E-state index >= 15 is 0 Å². The first kappa shape index (κ1) is 13.4. The Morgan fingerprint density at radius 3 is 2.71 bits per heavy atom. The normalized spacial score (nSPS) is 10.7. The van der Waals surface area contributed by atoms with E-state index in [9.17, 15) is 0 Å². The van der Waals surface area contributed by atoms with Crippen LogP contribution in [0.15, 0.2) is 54.9 Å². The van der Waals surface area contributed by atoms with Gasteiger partial charge in [0, 0.05) is 40.2 Å². The van der Waals surface area contributed by atoms with E-state index in [1.807, 2.05) is 24.4 Å². The Morgan fingerprint density at radius 2 is 1.86 bits per heavy atom. The number of nitrogen functional groups attached to an aromatic ring is 1. The van der Waals surface area contributed by atoms with Crippen molar-refractivity contribution in [3.63, 3.8) is 0 Å². The minimum Gasteiger partial charge on any atom is -0.398 e. The van der Waals surface area contributed by atoms with E-state index in [-0.39, 0.29) is 0 Å². The molecule has 0 bridgehead atoms. The molecule has 0 aliphatic heterocycles. The molecule has 3 N–H and O–H groups in total. The highest BCUT2D eigenvalue weighted by Crippen LogP contribution is 2.31. The van der Waals surface area contributed by atoms with Crippen LogP contribution in [0.25, 0.3) is 10.8 Å². The molecule has 3 nitrogen and oxygen atoms in total. The van der Waals surface area contributed by atoms with Gasteiger partial charge in [0.05, 0.1) is 0 Å². The van der Waals surface area contributed by atoms with E-state index in [0.717, 1.165) is 40.7 Å². The lowest BCUT2D eigenvalue weighted by atomic mass is 10.1. The van der Waals surface area contributed by atoms with Crippen molar-refractivity contribution >= 4 is 27.8 Å². The molecule has 21 heavy (non-hydrogen) atoms. The highest BCUT2D eigenvalue weighted by Gasteiger charge is 2.06. The van der Waals surface area contributed by atoms with Crippen molar-refractivity contribution in [3.05, 3.63) is 60.4 Å². The molecule has 0 radical (unpaired) electrons. The molecule has 0 aliphatic carbocycles. The molecule has 0 unspecified atom stereocenters. The van der Waals surface area contributed by atoms with Crippen LogP contribution >= 0.6 is 0 Å². The van der Waals surface area contributed by atoms with Gasteiger partial charge in [-0.3, -0.25) is 4.98 Å². The largest absolute Gasteiger partial charge is 0.398 e. The molecule has 0 atom stereocenters. The van der Waals surface area contributed by atoms with E-state index in [2.05, 4.69) is 41.5 Å². The van der Waals surface area contributed by atoms with Crippen molar-refractivity contribution in [3.8, 4) is 0 Å². The maximum absolute atomic E-state index is 6.03.